The zero-order valence-electron chi connectivity index (χ0n) is 7.53. The van der Waals surface area contributed by atoms with Crippen molar-refractivity contribution in [1.29, 1.82) is 0 Å². The van der Waals surface area contributed by atoms with Crippen molar-refractivity contribution in [3.63, 3.8) is 0 Å². The maximum absolute atomic E-state index is 3.87. The van der Waals surface area contributed by atoms with Gasteiger partial charge in [-0.1, -0.05) is 12.0 Å². The van der Waals surface area contributed by atoms with Gasteiger partial charge in [0.25, 0.3) is 0 Å². The van der Waals surface area contributed by atoms with E-state index >= 15 is 0 Å². The van der Waals surface area contributed by atoms with Gasteiger partial charge >= 0.3 is 0 Å². The van der Waals surface area contributed by atoms with E-state index in [1.807, 2.05) is 0 Å². The molecule has 0 unspecified atom stereocenters. The van der Waals surface area contributed by atoms with Crippen LogP contribution in [0.25, 0.3) is 0 Å². The van der Waals surface area contributed by atoms with Gasteiger partial charge in [-0.05, 0) is 45.2 Å². The lowest BCUT2D eigenvalue weighted by Crippen LogP contribution is -2.27. The summed E-state index contributed by atoms with van der Waals surface area (Å²) in [5.74, 6) is 0.986. The van der Waals surface area contributed by atoms with Crippen molar-refractivity contribution in [3.8, 4) is 0 Å². The van der Waals surface area contributed by atoms with Gasteiger partial charge in [-0.2, -0.15) is 0 Å². The van der Waals surface area contributed by atoms with Crippen LogP contribution in [0.4, 0.5) is 0 Å². The smallest absolute Gasteiger partial charge is 0.00117 e. The van der Waals surface area contributed by atoms with Crippen molar-refractivity contribution < 1.29 is 0 Å². The molecule has 1 fully saturated rings. The Kier molecular flexibility index (Phi) is 3.64. The normalized spacial score (nSPS) is 17.9. The molecule has 0 heterocycles. The fourth-order valence-electron chi connectivity index (χ4n) is 1.30. The number of hydrogen-bond acceptors (Lipinski definition) is 1. The minimum Gasteiger partial charge on any atom is -0.316 e. The van der Waals surface area contributed by atoms with Crippen LogP contribution in [-0.4, -0.2) is 13.1 Å². The van der Waals surface area contributed by atoms with Crippen LogP contribution in [0.5, 0.6) is 0 Å². The number of rotatable bonds is 5. The SMILES string of the molecule is C=C(C)CCNCC1CCC1. The summed E-state index contributed by atoms with van der Waals surface area (Å²) >= 11 is 0. The molecule has 11 heavy (non-hydrogen) atoms. The highest BCUT2D eigenvalue weighted by Crippen LogP contribution is 2.24. The summed E-state index contributed by atoms with van der Waals surface area (Å²) in [7, 11) is 0. The monoisotopic (exact) mass is 153 g/mol. The van der Waals surface area contributed by atoms with Gasteiger partial charge in [0, 0.05) is 0 Å². The van der Waals surface area contributed by atoms with E-state index in [0.29, 0.717) is 0 Å². The van der Waals surface area contributed by atoms with Gasteiger partial charge in [0.05, 0.1) is 0 Å². The minimum atomic E-state index is 0.986. The second kappa shape index (κ2) is 4.55. The fourth-order valence-corrected chi connectivity index (χ4v) is 1.30. The lowest BCUT2D eigenvalue weighted by atomic mass is 9.85. The van der Waals surface area contributed by atoms with E-state index in [4.69, 9.17) is 0 Å². The van der Waals surface area contributed by atoms with Crippen molar-refractivity contribution in [2.75, 3.05) is 13.1 Å². The third kappa shape index (κ3) is 3.57. The summed E-state index contributed by atoms with van der Waals surface area (Å²) in [6, 6.07) is 0. The molecule has 0 atom stereocenters. The molecule has 1 aliphatic carbocycles. The molecule has 0 amide bonds. The Morgan fingerprint density at radius 3 is 2.73 bits per heavy atom. The topological polar surface area (TPSA) is 12.0 Å². The second-order valence-corrected chi connectivity index (χ2v) is 3.71. The highest BCUT2D eigenvalue weighted by molar-refractivity contribution is 4.88. The maximum Gasteiger partial charge on any atom is -0.00117 e. The molecule has 1 N–H and O–H groups in total. The maximum atomic E-state index is 3.87. The van der Waals surface area contributed by atoms with E-state index in [1.165, 1.54) is 31.4 Å². The van der Waals surface area contributed by atoms with Gasteiger partial charge in [0.2, 0.25) is 0 Å². The molecule has 1 aliphatic rings. The molecule has 0 bridgehead atoms. The Balaban J connectivity index is 1.83. The lowest BCUT2D eigenvalue weighted by molar-refractivity contribution is 0.303. The first-order valence-electron chi connectivity index (χ1n) is 4.64. The summed E-state index contributed by atoms with van der Waals surface area (Å²) in [4.78, 5) is 0. The molecule has 0 radical (unpaired) electrons. The van der Waals surface area contributed by atoms with Crippen molar-refractivity contribution in [1.82, 2.24) is 5.32 Å². The van der Waals surface area contributed by atoms with Crippen LogP contribution in [0, 0.1) is 5.92 Å². The van der Waals surface area contributed by atoms with Crippen LogP contribution in [0.2, 0.25) is 0 Å². The van der Waals surface area contributed by atoms with E-state index in [9.17, 15) is 0 Å². The van der Waals surface area contributed by atoms with Crippen LogP contribution >= 0.6 is 0 Å². The predicted octanol–water partition coefficient (Wildman–Crippen LogP) is 2.34. The molecule has 0 aromatic carbocycles. The van der Waals surface area contributed by atoms with Crippen LogP contribution in [0.15, 0.2) is 12.2 Å². The number of hydrogen-bond donors (Lipinski definition) is 1. The third-order valence-corrected chi connectivity index (χ3v) is 2.39. The molecule has 0 saturated heterocycles. The molecule has 64 valence electrons. The van der Waals surface area contributed by atoms with E-state index in [1.54, 1.807) is 0 Å². The molecule has 0 spiro atoms. The van der Waals surface area contributed by atoms with E-state index in [0.717, 1.165) is 18.9 Å². The summed E-state index contributed by atoms with van der Waals surface area (Å²) in [5.41, 5.74) is 1.28. The molecule has 1 heteroatoms. The van der Waals surface area contributed by atoms with Crippen molar-refractivity contribution in [2.45, 2.75) is 32.6 Å². The highest BCUT2D eigenvalue weighted by atomic mass is 14.9. The van der Waals surface area contributed by atoms with E-state index in [-0.39, 0.29) is 0 Å². The van der Waals surface area contributed by atoms with Gasteiger partial charge in [-0.3, -0.25) is 0 Å². The van der Waals surface area contributed by atoms with Gasteiger partial charge in [0.15, 0.2) is 0 Å². The molecular weight excluding hydrogens is 134 g/mol. The summed E-state index contributed by atoms with van der Waals surface area (Å²) < 4.78 is 0. The first-order valence-corrected chi connectivity index (χ1v) is 4.64. The molecule has 1 rings (SSSR count). The van der Waals surface area contributed by atoms with Crippen LogP contribution in [0.3, 0.4) is 0 Å². The Labute approximate surface area is 69.9 Å². The van der Waals surface area contributed by atoms with E-state index in [2.05, 4.69) is 18.8 Å². The Bertz CT molecular complexity index is 125. The summed E-state index contributed by atoms with van der Waals surface area (Å²) in [6.07, 6.45) is 5.47. The van der Waals surface area contributed by atoms with Crippen molar-refractivity contribution in [3.05, 3.63) is 12.2 Å². The first kappa shape index (κ1) is 8.79. The van der Waals surface area contributed by atoms with Gasteiger partial charge in [0.1, 0.15) is 0 Å². The molecule has 0 aromatic heterocycles. The average Bonchev–Trinajstić information content (AvgIpc) is 1.82. The Morgan fingerprint density at radius 1 is 1.55 bits per heavy atom. The zero-order valence-corrected chi connectivity index (χ0v) is 7.53. The summed E-state index contributed by atoms with van der Waals surface area (Å²) in [6.45, 7) is 8.30. The summed E-state index contributed by atoms with van der Waals surface area (Å²) in [5, 5.41) is 3.46. The molecule has 0 aromatic rings. The van der Waals surface area contributed by atoms with Crippen LogP contribution in [0.1, 0.15) is 32.6 Å². The lowest BCUT2D eigenvalue weighted by Gasteiger charge is -2.25. The quantitative estimate of drug-likeness (QED) is 0.472. The molecular formula is C10H19N. The number of nitrogens with one attached hydrogen (secondary N) is 1. The zero-order chi connectivity index (χ0) is 8.10. The highest BCUT2D eigenvalue weighted by Gasteiger charge is 2.15. The van der Waals surface area contributed by atoms with Crippen molar-refractivity contribution >= 4 is 0 Å². The average molecular weight is 153 g/mol. The largest absolute Gasteiger partial charge is 0.316 e. The van der Waals surface area contributed by atoms with E-state index < -0.39 is 0 Å². The van der Waals surface area contributed by atoms with Crippen molar-refractivity contribution in [2.24, 2.45) is 5.92 Å². The molecule has 1 saturated carbocycles. The van der Waals surface area contributed by atoms with Crippen LogP contribution < -0.4 is 5.32 Å². The standard InChI is InChI=1S/C10H19N/c1-9(2)6-7-11-8-10-4-3-5-10/h10-11H,1,3-8H2,2H3. The second-order valence-electron chi connectivity index (χ2n) is 3.71. The minimum absolute atomic E-state index is 0.986. The Morgan fingerprint density at radius 2 is 2.27 bits per heavy atom. The molecule has 0 aliphatic heterocycles. The Hall–Kier alpha value is -0.300. The molecule has 1 nitrogen and oxygen atoms in total. The predicted molar refractivity (Wildman–Crippen MR) is 49.6 cm³/mol. The van der Waals surface area contributed by atoms with Gasteiger partial charge < -0.3 is 5.32 Å². The van der Waals surface area contributed by atoms with Gasteiger partial charge in [-0.25, -0.2) is 0 Å². The fraction of sp³-hybridized carbons (Fsp3) is 0.800. The van der Waals surface area contributed by atoms with Crippen LogP contribution in [-0.2, 0) is 0 Å². The third-order valence-electron chi connectivity index (χ3n) is 2.39. The van der Waals surface area contributed by atoms with Gasteiger partial charge in [-0.15, -0.1) is 6.58 Å². The first-order chi connectivity index (χ1) is 5.29.